The number of carbonyl (C=O) groups excluding carboxylic acids is 1. The normalized spacial score (nSPS) is 16.8. The summed E-state index contributed by atoms with van der Waals surface area (Å²) in [5.41, 5.74) is 1.66. The first-order valence-electron chi connectivity index (χ1n) is 11.0. The van der Waals surface area contributed by atoms with E-state index in [4.69, 9.17) is 0 Å². The molecule has 5 rings (SSSR count). The van der Waals surface area contributed by atoms with E-state index in [2.05, 4.69) is 20.3 Å². The highest BCUT2D eigenvalue weighted by Gasteiger charge is 2.32. The number of thioether (sulfide) groups is 1. The fourth-order valence-electron chi connectivity index (χ4n) is 3.67. The molecule has 2 aliphatic rings. The molecular weight excluding hydrogens is 426 g/mol. The van der Waals surface area contributed by atoms with Crippen LogP contribution in [0.1, 0.15) is 61.5 Å². The van der Waals surface area contributed by atoms with E-state index in [-0.39, 0.29) is 17.9 Å². The monoisotopic (exact) mass is 451 g/mol. The topological polar surface area (TPSA) is 110 Å². The van der Waals surface area contributed by atoms with Gasteiger partial charge in [-0.3, -0.25) is 19.1 Å². The van der Waals surface area contributed by atoms with Crippen LogP contribution in [0.5, 0.6) is 0 Å². The lowest BCUT2D eigenvalue weighted by molar-refractivity contribution is -0.120. The molecule has 166 valence electrons. The Morgan fingerprint density at radius 1 is 1.19 bits per heavy atom. The number of hydrogen-bond acceptors (Lipinski definition) is 6. The first-order chi connectivity index (χ1) is 15.4. The van der Waals surface area contributed by atoms with E-state index < -0.39 is 16.5 Å². The lowest BCUT2D eigenvalue weighted by Crippen LogP contribution is -2.32. The third-order valence-corrected chi connectivity index (χ3v) is 6.95. The molecule has 0 aliphatic heterocycles. The minimum atomic E-state index is -0.501. The zero-order chi connectivity index (χ0) is 22.4. The second kappa shape index (κ2) is 8.20. The minimum Gasteiger partial charge on any atom is -0.351 e. The number of H-pyrrole nitrogens is 1. The first-order valence-corrected chi connectivity index (χ1v) is 11.8. The van der Waals surface area contributed by atoms with E-state index in [0.717, 1.165) is 31.2 Å². The van der Waals surface area contributed by atoms with Gasteiger partial charge in [-0.1, -0.05) is 41.6 Å². The molecule has 2 aromatic heterocycles. The number of aromatic nitrogens is 4. The third kappa shape index (κ3) is 4.21. The molecule has 3 aromatic rings. The zero-order valence-corrected chi connectivity index (χ0v) is 18.9. The predicted octanol–water partition coefficient (Wildman–Crippen LogP) is 2.80. The van der Waals surface area contributed by atoms with Gasteiger partial charge in [-0.05, 0) is 45.1 Å². The van der Waals surface area contributed by atoms with E-state index in [0.29, 0.717) is 28.4 Å². The van der Waals surface area contributed by atoms with Gasteiger partial charge in [-0.2, -0.15) is 0 Å². The van der Waals surface area contributed by atoms with E-state index in [1.165, 1.54) is 17.3 Å². The number of amides is 1. The number of aryl methyl sites for hydroxylation is 1. The molecule has 9 heteroatoms. The SMILES string of the molecule is Cc1ccc(CNC(=O)[C@H](C)Sc2nc(C3CC3)nc3c2c(=O)[nH]c(=O)n3C2CC2)cc1. The van der Waals surface area contributed by atoms with Crippen LogP contribution in [0.4, 0.5) is 0 Å². The lowest BCUT2D eigenvalue weighted by Gasteiger charge is -2.15. The van der Waals surface area contributed by atoms with Gasteiger partial charge in [0.05, 0.1) is 5.25 Å². The van der Waals surface area contributed by atoms with Crippen LogP contribution in [0.2, 0.25) is 0 Å². The van der Waals surface area contributed by atoms with Crippen LogP contribution in [0.15, 0.2) is 38.9 Å². The Balaban J connectivity index is 1.44. The van der Waals surface area contributed by atoms with Gasteiger partial charge in [0.2, 0.25) is 5.91 Å². The van der Waals surface area contributed by atoms with Crippen molar-refractivity contribution >= 4 is 28.7 Å². The molecule has 8 nitrogen and oxygen atoms in total. The molecule has 32 heavy (non-hydrogen) atoms. The van der Waals surface area contributed by atoms with Gasteiger partial charge in [-0.25, -0.2) is 14.8 Å². The molecular formula is C23H25N5O3S. The molecule has 1 atom stereocenters. The Morgan fingerprint density at radius 3 is 2.56 bits per heavy atom. The van der Waals surface area contributed by atoms with Crippen molar-refractivity contribution in [3.05, 3.63) is 62.1 Å². The molecule has 1 amide bonds. The number of aromatic amines is 1. The molecule has 2 saturated carbocycles. The number of nitrogens with one attached hydrogen (secondary N) is 2. The van der Waals surface area contributed by atoms with Crippen LogP contribution in [-0.2, 0) is 11.3 Å². The summed E-state index contributed by atoms with van der Waals surface area (Å²) in [6.07, 6.45) is 3.78. The second-order valence-corrected chi connectivity index (χ2v) is 10.0. The second-order valence-electron chi connectivity index (χ2n) is 8.68. The Bertz CT molecular complexity index is 1310. The van der Waals surface area contributed by atoms with E-state index in [1.807, 2.05) is 31.2 Å². The van der Waals surface area contributed by atoms with Crippen molar-refractivity contribution in [3.8, 4) is 0 Å². The van der Waals surface area contributed by atoms with Crippen LogP contribution in [0, 0.1) is 6.92 Å². The summed E-state index contributed by atoms with van der Waals surface area (Å²) in [6.45, 7) is 4.25. The molecule has 2 heterocycles. The number of fused-ring (bicyclic) bond motifs is 1. The molecule has 0 spiro atoms. The summed E-state index contributed by atoms with van der Waals surface area (Å²) < 4.78 is 1.59. The average molecular weight is 452 g/mol. The molecule has 0 radical (unpaired) electrons. The molecule has 0 bridgehead atoms. The van der Waals surface area contributed by atoms with Crippen LogP contribution < -0.4 is 16.6 Å². The van der Waals surface area contributed by atoms with Crippen molar-refractivity contribution in [3.63, 3.8) is 0 Å². The highest BCUT2D eigenvalue weighted by molar-refractivity contribution is 8.00. The summed E-state index contributed by atoms with van der Waals surface area (Å²) in [5.74, 6) is 0.778. The van der Waals surface area contributed by atoms with E-state index in [9.17, 15) is 14.4 Å². The van der Waals surface area contributed by atoms with Crippen molar-refractivity contribution in [2.45, 2.75) is 68.3 Å². The molecule has 1 aromatic carbocycles. The largest absolute Gasteiger partial charge is 0.351 e. The maximum Gasteiger partial charge on any atom is 0.330 e. The summed E-state index contributed by atoms with van der Waals surface area (Å²) in [4.78, 5) is 49.7. The van der Waals surface area contributed by atoms with Crippen molar-refractivity contribution in [1.82, 2.24) is 24.8 Å². The van der Waals surface area contributed by atoms with Crippen LogP contribution in [0.3, 0.4) is 0 Å². The summed E-state index contributed by atoms with van der Waals surface area (Å²) in [6, 6.07) is 8.07. The molecule has 2 N–H and O–H groups in total. The van der Waals surface area contributed by atoms with Crippen molar-refractivity contribution < 1.29 is 4.79 Å². The Hall–Kier alpha value is -2.94. The molecule has 0 unspecified atom stereocenters. The Kier molecular flexibility index (Phi) is 5.36. The van der Waals surface area contributed by atoms with Crippen molar-refractivity contribution in [2.24, 2.45) is 0 Å². The molecule has 2 fully saturated rings. The molecule has 0 saturated heterocycles. The highest BCUT2D eigenvalue weighted by Crippen LogP contribution is 2.41. The van der Waals surface area contributed by atoms with Gasteiger partial charge in [0.1, 0.15) is 16.2 Å². The smallest absolute Gasteiger partial charge is 0.330 e. The predicted molar refractivity (Wildman–Crippen MR) is 123 cm³/mol. The van der Waals surface area contributed by atoms with E-state index in [1.54, 1.807) is 11.5 Å². The summed E-state index contributed by atoms with van der Waals surface area (Å²) in [5, 5.41) is 3.25. The highest BCUT2D eigenvalue weighted by atomic mass is 32.2. The Labute approximate surface area is 188 Å². The van der Waals surface area contributed by atoms with Gasteiger partial charge in [0, 0.05) is 18.5 Å². The first kappa shape index (κ1) is 20.9. The van der Waals surface area contributed by atoms with Gasteiger partial charge in [0.15, 0.2) is 5.65 Å². The van der Waals surface area contributed by atoms with Gasteiger partial charge >= 0.3 is 5.69 Å². The van der Waals surface area contributed by atoms with Crippen LogP contribution in [0.25, 0.3) is 11.0 Å². The number of benzene rings is 1. The maximum absolute atomic E-state index is 12.8. The average Bonchev–Trinajstić information content (AvgIpc) is 3.66. The van der Waals surface area contributed by atoms with Crippen molar-refractivity contribution in [1.29, 1.82) is 0 Å². The number of carbonyl (C=O) groups is 1. The van der Waals surface area contributed by atoms with Gasteiger partial charge in [0.25, 0.3) is 5.56 Å². The van der Waals surface area contributed by atoms with Crippen molar-refractivity contribution in [2.75, 3.05) is 0 Å². The van der Waals surface area contributed by atoms with Gasteiger partial charge in [-0.15, -0.1) is 0 Å². The van der Waals surface area contributed by atoms with E-state index >= 15 is 0 Å². The Morgan fingerprint density at radius 2 is 1.91 bits per heavy atom. The number of rotatable bonds is 7. The number of nitrogens with zero attached hydrogens (tertiary/aromatic N) is 3. The quantitative estimate of drug-likeness (QED) is 0.422. The third-order valence-electron chi connectivity index (χ3n) is 5.87. The van der Waals surface area contributed by atoms with Gasteiger partial charge < -0.3 is 5.32 Å². The standard InChI is InChI=1S/C23H25N5O3S/c1-12-3-5-14(6-4-12)11-24-20(29)13(2)32-22-17-19(25-18(26-22)15-7-8-15)28(16-9-10-16)23(31)27-21(17)30/h3-6,13,15-16H,7-11H2,1-2H3,(H,24,29)(H,27,30,31)/t13-/m0/s1. The summed E-state index contributed by atoms with van der Waals surface area (Å²) >= 11 is 1.24. The molecule has 2 aliphatic carbocycles. The maximum atomic E-state index is 12.8. The number of hydrogen-bond donors (Lipinski definition) is 2. The lowest BCUT2D eigenvalue weighted by atomic mass is 10.1. The fourth-order valence-corrected chi connectivity index (χ4v) is 4.65. The fraction of sp³-hybridized carbons (Fsp3) is 0.435. The minimum absolute atomic E-state index is 0.0666. The van der Waals surface area contributed by atoms with Crippen LogP contribution >= 0.6 is 11.8 Å². The zero-order valence-electron chi connectivity index (χ0n) is 18.1. The van der Waals surface area contributed by atoms with Crippen LogP contribution in [-0.4, -0.2) is 30.7 Å². The summed E-state index contributed by atoms with van der Waals surface area (Å²) in [7, 11) is 0.